The Morgan fingerprint density at radius 3 is 2.68 bits per heavy atom. The molecular formula is C25H24Cl2N8O2. The van der Waals surface area contributed by atoms with Crippen LogP contribution >= 0.6 is 23.2 Å². The van der Waals surface area contributed by atoms with Crippen LogP contribution in [0.15, 0.2) is 48.9 Å². The Labute approximate surface area is 223 Å². The van der Waals surface area contributed by atoms with Crippen LogP contribution in [0, 0.1) is 12.8 Å². The maximum absolute atomic E-state index is 13.6. The van der Waals surface area contributed by atoms with E-state index >= 15 is 0 Å². The summed E-state index contributed by atoms with van der Waals surface area (Å²) in [4.78, 5) is 31.1. The van der Waals surface area contributed by atoms with E-state index in [1.54, 1.807) is 60.5 Å². The molecule has 1 unspecified atom stereocenters. The minimum Gasteiger partial charge on any atom is -0.349 e. The first-order valence-electron chi connectivity index (χ1n) is 11.8. The molecule has 3 heterocycles. The summed E-state index contributed by atoms with van der Waals surface area (Å²) in [6, 6.07) is 8.26. The van der Waals surface area contributed by atoms with Gasteiger partial charge in [-0.25, -0.2) is 14.3 Å². The van der Waals surface area contributed by atoms with E-state index in [-0.39, 0.29) is 29.8 Å². The molecule has 3 aromatic heterocycles. The lowest BCUT2D eigenvalue weighted by molar-refractivity contribution is 0.0936. The minimum atomic E-state index is -0.492. The number of aryl methyl sites for hydroxylation is 1. The van der Waals surface area contributed by atoms with E-state index in [0.717, 1.165) is 12.8 Å². The molecule has 4 aromatic rings. The lowest BCUT2D eigenvalue weighted by atomic mass is 10.1. The highest BCUT2D eigenvalue weighted by atomic mass is 35.5. The third-order valence-electron chi connectivity index (χ3n) is 6.20. The molecule has 5 rings (SSSR count). The fourth-order valence-electron chi connectivity index (χ4n) is 4.11. The zero-order valence-corrected chi connectivity index (χ0v) is 21.7. The summed E-state index contributed by atoms with van der Waals surface area (Å²) in [5.41, 5.74) is 2.03. The summed E-state index contributed by atoms with van der Waals surface area (Å²) < 4.78 is 2.96. The molecule has 0 spiro atoms. The van der Waals surface area contributed by atoms with Crippen molar-refractivity contribution in [3.8, 4) is 5.82 Å². The van der Waals surface area contributed by atoms with E-state index in [4.69, 9.17) is 23.2 Å². The molecule has 0 bridgehead atoms. The van der Waals surface area contributed by atoms with Crippen LogP contribution in [0.25, 0.3) is 5.82 Å². The summed E-state index contributed by atoms with van der Waals surface area (Å²) >= 11 is 12.7. The van der Waals surface area contributed by atoms with Gasteiger partial charge in [0.05, 0.1) is 34.7 Å². The molecule has 1 fully saturated rings. The van der Waals surface area contributed by atoms with Gasteiger partial charge in [-0.2, -0.15) is 5.10 Å². The number of halogens is 2. The molecule has 1 aliphatic carbocycles. The Morgan fingerprint density at radius 2 is 1.97 bits per heavy atom. The number of nitrogens with zero attached hydrogens (tertiary/aromatic N) is 6. The predicted molar refractivity (Wildman–Crippen MR) is 139 cm³/mol. The van der Waals surface area contributed by atoms with Crippen molar-refractivity contribution in [2.24, 2.45) is 5.92 Å². The molecule has 10 nitrogen and oxygen atoms in total. The molecule has 0 aliphatic heterocycles. The molecule has 1 aromatic carbocycles. The fourth-order valence-corrected chi connectivity index (χ4v) is 4.59. The van der Waals surface area contributed by atoms with Gasteiger partial charge < -0.3 is 10.6 Å². The van der Waals surface area contributed by atoms with Gasteiger partial charge in [-0.15, -0.1) is 5.10 Å². The Balaban J connectivity index is 1.50. The number of pyridine rings is 1. The van der Waals surface area contributed by atoms with E-state index in [1.165, 1.54) is 4.68 Å². The van der Waals surface area contributed by atoms with Gasteiger partial charge in [-0.1, -0.05) is 28.4 Å². The quantitative estimate of drug-likeness (QED) is 0.345. The molecule has 0 radical (unpaired) electrons. The van der Waals surface area contributed by atoms with Crippen molar-refractivity contribution < 1.29 is 9.59 Å². The standard InChI is InChI=1S/C25H24Cl2N8O2/c1-14-10-17(26)11-19(24(36)30-15(2)16-5-6-16)22(14)31-25(37)21-12-18(13-34-9-8-29-33-34)32-35(21)23-20(27)4-3-7-28-23/h3-4,7-12,15-16H,5-6,13H2,1-2H3,(H,30,36)(H,31,37). The Morgan fingerprint density at radius 1 is 1.16 bits per heavy atom. The molecule has 37 heavy (non-hydrogen) atoms. The van der Waals surface area contributed by atoms with Gasteiger partial charge >= 0.3 is 0 Å². The SMILES string of the molecule is Cc1cc(Cl)cc(C(=O)NC(C)C2CC2)c1NC(=O)c1cc(Cn2ccnn2)nn1-c1ncccc1Cl. The number of carbonyl (C=O) groups is 2. The molecular weight excluding hydrogens is 515 g/mol. The highest BCUT2D eigenvalue weighted by Gasteiger charge is 2.30. The maximum atomic E-state index is 13.6. The van der Waals surface area contributed by atoms with Crippen LogP contribution < -0.4 is 10.6 Å². The normalized spacial score (nSPS) is 13.8. The summed E-state index contributed by atoms with van der Waals surface area (Å²) in [6.07, 6.45) is 7.00. The molecule has 1 atom stereocenters. The smallest absolute Gasteiger partial charge is 0.274 e. The first kappa shape index (κ1) is 24.9. The Bertz CT molecular complexity index is 1460. The summed E-state index contributed by atoms with van der Waals surface area (Å²) in [7, 11) is 0. The van der Waals surface area contributed by atoms with Crippen LogP contribution in [0.2, 0.25) is 10.0 Å². The first-order chi connectivity index (χ1) is 17.8. The van der Waals surface area contributed by atoms with E-state index < -0.39 is 5.91 Å². The number of hydrogen-bond donors (Lipinski definition) is 2. The second kappa shape index (κ2) is 10.3. The monoisotopic (exact) mass is 538 g/mol. The number of rotatable bonds is 8. The zero-order chi connectivity index (χ0) is 26.1. The fraction of sp³-hybridized carbons (Fsp3) is 0.280. The van der Waals surface area contributed by atoms with E-state index in [0.29, 0.717) is 38.7 Å². The highest BCUT2D eigenvalue weighted by molar-refractivity contribution is 6.32. The van der Waals surface area contributed by atoms with Crippen LogP contribution in [0.4, 0.5) is 5.69 Å². The molecule has 12 heteroatoms. The molecule has 1 aliphatic rings. The first-order valence-corrected chi connectivity index (χ1v) is 12.5. The van der Waals surface area contributed by atoms with Crippen molar-refractivity contribution in [2.75, 3.05) is 5.32 Å². The Hall–Kier alpha value is -3.76. The van der Waals surface area contributed by atoms with E-state index in [2.05, 4.69) is 31.0 Å². The molecule has 0 saturated heterocycles. The number of benzene rings is 1. The molecule has 1 saturated carbocycles. The third kappa shape index (κ3) is 5.50. The van der Waals surface area contributed by atoms with Crippen LogP contribution in [-0.2, 0) is 6.54 Å². The van der Waals surface area contributed by atoms with Crippen LogP contribution in [0.5, 0.6) is 0 Å². The largest absolute Gasteiger partial charge is 0.349 e. The van der Waals surface area contributed by atoms with Gasteiger partial charge in [-0.3, -0.25) is 9.59 Å². The van der Waals surface area contributed by atoms with Gasteiger partial charge in [0, 0.05) is 23.5 Å². The van der Waals surface area contributed by atoms with Gasteiger partial charge in [0.25, 0.3) is 11.8 Å². The molecule has 190 valence electrons. The number of carbonyl (C=O) groups excluding carboxylic acids is 2. The minimum absolute atomic E-state index is 0.0300. The predicted octanol–water partition coefficient (Wildman–Crippen LogP) is 4.30. The average molecular weight is 539 g/mol. The summed E-state index contributed by atoms with van der Waals surface area (Å²) in [6.45, 7) is 4.05. The second-order valence-corrected chi connectivity index (χ2v) is 9.88. The van der Waals surface area contributed by atoms with Gasteiger partial charge in [0.2, 0.25) is 0 Å². The van der Waals surface area contributed by atoms with Gasteiger partial charge in [0.1, 0.15) is 5.69 Å². The molecule has 2 amide bonds. The van der Waals surface area contributed by atoms with Crippen LogP contribution in [0.3, 0.4) is 0 Å². The van der Waals surface area contributed by atoms with E-state index in [1.807, 2.05) is 6.92 Å². The third-order valence-corrected chi connectivity index (χ3v) is 6.71. The number of anilines is 1. The van der Waals surface area contributed by atoms with Crippen molar-refractivity contribution in [3.05, 3.63) is 81.5 Å². The summed E-state index contributed by atoms with van der Waals surface area (Å²) in [5, 5.41) is 19.0. The van der Waals surface area contributed by atoms with Crippen molar-refractivity contribution in [1.29, 1.82) is 0 Å². The topological polar surface area (TPSA) is 120 Å². The van der Waals surface area contributed by atoms with Gasteiger partial charge in [-0.05, 0) is 68.5 Å². The second-order valence-electron chi connectivity index (χ2n) is 9.04. The number of hydrogen-bond acceptors (Lipinski definition) is 6. The van der Waals surface area contributed by atoms with Crippen molar-refractivity contribution in [3.63, 3.8) is 0 Å². The summed E-state index contributed by atoms with van der Waals surface area (Å²) in [5.74, 6) is -0.0198. The average Bonchev–Trinajstić information content (AvgIpc) is 3.44. The van der Waals surface area contributed by atoms with E-state index in [9.17, 15) is 9.59 Å². The lowest BCUT2D eigenvalue weighted by Gasteiger charge is -2.18. The Kier molecular flexibility index (Phi) is 6.94. The maximum Gasteiger partial charge on any atom is 0.274 e. The number of amides is 2. The number of aromatic nitrogens is 6. The van der Waals surface area contributed by atoms with Gasteiger partial charge in [0.15, 0.2) is 5.82 Å². The molecule has 2 N–H and O–H groups in total. The van der Waals surface area contributed by atoms with Crippen LogP contribution in [-0.4, -0.2) is 47.6 Å². The lowest BCUT2D eigenvalue weighted by Crippen LogP contribution is -2.34. The van der Waals surface area contributed by atoms with Crippen molar-refractivity contribution in [1.82, 2.24) is 35.1 Å². The van der Waals surface area contributed by atoms with Crippen molar-refractivity contribution in [2.45, 2.75) is 39.3 Å². The number of nitrogens with one attached hydrogen (secondary N) is 2. The van der Waals surface area contributed by atoms with Crippen molar-refractivity contribution >= 4 is 40.7 Å². The van der Waals surface area contributed by atoms with Crippen LogP contribution in [0.1, 0.15) is 51.9 Å². The zero-order valence-electron chi connectivity index (χ0n) is 20.2. The highest BCUT2D eigenvalue weighted by Crippen LogP contribution is 2.33.